The summed E-state index contributed by atoms with van der Waals surface area (Å²) in [6.45, 7) is 0.646. The fourth-order valence-corrected chi connectivity index (χ4v) is 2.77. The van der Waals surface area contributed by atoms with Crippen LogP contribution in [0.5, 0.6) is 5.75 Å². The van der Waals surface area contributed by atoms with Crippen LogP contribution in [0.4, 0.5) is 5.69 Å². The van der Waals surface area contributed by atoms with Crippen molar-refractivity contribution in [1.29, 1.82) is 0 Å². The molecule has 0 aliphatic rings. The zero-order valence-corrected chi connectivity index (χ0v) is 13.1. The molecule has 0 aromatic heterocycles. The first-order chi connectivity index (χ1) is 9.42. The summed E-state index contributed by atoms with van der Waals surface area (Å²) >= 11 is 0. The predicted octanol–water partition coefficient (Wildman–Crippen LogP) is 1.04. The molecule has 0 heterocycles. The SMILES string of the molecule is COc1ccc(S(=O)(=O)NCCCCN)c([N+](=O)[O-])c1.Cl. The monoisotopic (exact) mass is 339 g/mol. The highest BCUT2D eigenvalue weighted by Crippen LogP contribution is 2.28. The van der Waals surface area contributed by atoms with E-state index in [4.69, 9.17) is 10.5 Å². The van der Waals surface area contributed by atoms with Crippen LogP contribution in [0.3, 0.4) is 0 Å². The smallest absolute Gasteiger partial charge is 0.293 e. The number of halogens is 1. The summed E-state index contributed by atoms with van der Waals surface area (Å²) in [5.74, 6) is 0.221. The zero-order valence-electron chi connectivity index (χ0n) is 11.4. The second-order valence-electron chi connectivity index (χ2n) is 3.98. The van der Waals surface area contributed by atoms with Gasteiger partial charge in [0.05, 0.1) is 18.1 Å². The number of hydrogen-bond donors (Lipinski definition) is 2. The van der Waals surface area contributed by atoms with Gasteiger partial charge >= 0.3 is 0 Å². The van der Waals surface area contributed by atoms with Gasteiger partial charge in [-0.15, -0.1) is 12.4 Å². The summed E-state index contributed by atoms with van der Waals surface area (Å²) in [4.78, 5) is 9.82. The molecule has 0 aliphatic carbocycles. The Bertz CT molecular complexity index is 579. The number of sulfonamides is 1. The van der Waals surface area contributed by atoms with Crippen molar-refractivity contribution >= 4 is 28.1 Å². The number of nitrogens with two attached hydrogens (primary N) is 1. The number of nitro benzene ring substituents is 1. The van der Waals surface area contributed by atoms with E-state index in [9.17, 15) is 18.5 Å². The molecule has 0 amide bonds. The van der Waals surface area contributed by atoms with Gasteiger partial charge in [0.2, 0.25) is 10.0 Å². The van der Waals surface area contributed by atoms with Crippen LogP contribution in [-0.2, 0) is 10.0 Å². The summed E-state index contributed by atoms with van der Waals surface area (Å²) in [5.41, 5.74) is 4.79. The van der Waals surface area contributed by atoms with E-state index < -0.39 is 20.6 Å². The average molecular weight is 340 g/mol. The van der Waals surface area contributed by atoms with Crippen molar-refractivity contribution in [2.24, 2.45) is 5.73 Å². The van der Waals surface area contributed by atoms with Gasteiger partial charge in [0.1, 0.15) is 5.75 Å². The molecule has 1 rings (SSSR count). The molecule has 0 unspecified atom stereocenters. The maximum atomic E-state index is 12.0. The molecular formula is C11H18ClN3O5S. The lowest BCUT2D eigenvalue weighted by atomic mass is 10.3. The highest BCUT2D eigenvalue weighted by Gasteiger charge is 2.25. The van der Waals surface area contributed by atoms with E-state index in [1.165, 1.54) is 13.2 Å². The Balaban J connectivity index is 0.00000400. The Morgan fingerprint density at radius 3 is 2.57 bits per heavy atom. The maximum Gasteiger partial charge on any atom is 0.293 e. The largest absolute Gasteiger partial charge is 0.497 e. The van der Waals surface area contributed by atoms with Gasteiger partial charge in [0.15, 0.2) is 4.90 Å². The number of methoxy groups -OCH3 is 1. The predicted molar refractivity (Wildman–Crippen MR) is 80.4 cm³/mol. The Kier molecular flexibility index (Phi) is 8.18. The molecule has 0 bridgehead atoms. The number of nitrogens with one attached hydrogen (secondary N) is 1. The van der Waals surface area contributed by atoms with Crippen molar-refractivity contribution in [3.63, 3.8) is 0 Å². The van der Waals surface area contributed by atoms with Gasteiger partial charge in [0.25, 0.3) is 5.69 Å². The van der Waals surface area contributed by atoms with Crippen molar-refractivity contribution in [3.8, 4) is 5.75 Å². The Morgan fingerprint density at radius 1 is 1.38 bits per heavy atom. The van der Waals surface area contributed by atoms with Crippen molar-refractivity contribution in [3.05, 3.63) is 28.3 Å². The van der Waals surface area contributed by atoms with E-state index in [-0.39, 0.29) is 29.6 Å². The summed E-state index contributed by atoms with van der Waals surface area (Å²) in [5, 5.41) is 11.0. The van der Waals surface area contributed by atoms with Gasteiger partial charge in [-0.1, -0.05) is 0 Å². The average Bonchev–Trinajstić information content (AvgIpc) is 2.42. The molecule has 0 atom stereocenters. The zero-order chi connectivity index (χ0) is 15.2. The van der Waals surface area contributed by atoms with Gasteiger partial charge in [-0.2, -0.15) is 0 Å². The number of benzene rings is 1. The number of hydrogen-bond acceptors (Lipinski definition) is 6. The first kappa shape index (κ1) is 19.6. The molecule has 1 aromatic rings. The van der Waals surface area contributed by atoms with Crippen LogP contribution in [0.25, 0.3) is 0 Å². The normalized spacial score (nSPS) is 10.8. The van der Waals surface area contributed by atoms with E-state index in [2.05, 4.69) is 4.72 Å². The van der Waals surface area contributed by atoms with E-state index in [0.29, 0.717) is 19.4 Å². The van der Waals surface area contributed by atoms with Gasteiger partial charge in [0, 0.05) is 6.54 Å². The van der Waals surface area contributed by atoms with Crippen molar-refractivity contribution in [1.82, 2.24) is 4.72 Å². The van der Waals surface area contributed by atoms with Crippen molar-refractivity contribution in [2.75, 3.05) is 20.2 Å². The first-order valence-corrected chi connectivity index (χ1v) is 7.43. The van der Waals surface area contributed by atoms with Crippen LogP contribution < -0.4 is 15.2 Å². The highest BCUT2D eigenvalue weighted by molar-refractivity contribution is 7.89. The van der Waals surface area contributed by atoms with Gasteiger partial charge in [-0.25, -0.2) is 13.1 Å². The third kappa shape index (κ3) is 5.46. The topological polar surface area (TPSA) is 125 Å². The minimum absolute atomic E-state index is 0. The molecule has 21 heavy (non-hydrogen) atoms. The second-order valence-corrected chi connectivity index (χ2v) is 5.72. The Hall–Kier alpha value is -1.42. The summed E-state index contributed by atoms with van der Waals surface area (Å²) in [6, 6.07) is 3.60. The number of unbranched alkanes of at least 4 members (excludes halogenated alkanes) is 1. The van der Waals surface area contributed by atoms with E-state index >= 15 is 0 Å². The second kappa shape index (κ2) is 8.78. The molecule has 0 radical (unpaired) electrons. The molecular weight excluding hydrogens is 322 g/mol. The van der Waals surface area contributed by atoms with Gasteiger partial charge < -0.3 is 10.5 Å². The first-order valence-electron chi connectivity index (χ1n) is 5.94. The maximum absolute atomic E-state index is 12.0. The molecule has 8 nitrogen and oxygen atoms in total. The van der Waals surface area contributed by atoms with Crippen LogP contribution >= 0.6 is 12.4 Å². The lowest BCUT2D eigenvalue weighted by Gasteiger charge is -2.08. The number of ether oxygens (including phenoxy) is 1. The molecule has 1 aromatic carbocycles. The number of rotatable bonds is 8. The van der Waals surface area contributed by atoms with Crippen molar-refractivity contribution in [2.45, 2.75) is 17.7 Å². The molecule has 0 saturated heterocycles. The minimum Gasteiger partial charge on any atom is -0.497 e. The Labute approximate surface area is 129 Å². The Morgan fingerprint density at radius 2 is 2.05 bits per heavy atom. The van der Waals surface area contributed by atoms with Crippen LogP contribution in [0.1, 0.15) is 12.8 Å². The quantitative estimate of drug-likeness (QED) is 0.414. The standard InChI is InChI=1S/C11H17N3O5S.ClH/c1-19-9-4-5-11(10(8-9)14(15)16)20(17,18)13-7-3-2-6-12;/h4-5,8,13H,2-3,6-7,12H2,1H3;1H. The van der Waals surface area contributed by atoms with Crippen molar-refractivity contribution < 1.29 is 18.1 Å². The van der Waals surface area contributed by atoms with Crippen LogP contribution in [-0.4, -0.2) is 33.5 Å². The van der Waals surface area contributed by atoms with Crippen LogP contribution in [0.15, 0.2) is 23.1 Å². The molecule has 0 saturated carbocycles. The van der Waals surface area contributed by atoms with Gasteiger partial charge in [-0.05, 0) is 31.5 Å². The summed E-state index contributed by atoms with van der Waals surface area (Å²) in [6.07, 6.45) is 1.24. The molecule has 120 valence electrons. The van der Waals surface area contributed by atoms with Gasteiger partial charge in [-0.3, -0.25) is 10.1 Å². The van der Waals surface area contributed by atoms with Crippen LogP contribution in [0, 0.1) is 10.1 Å². The summed E-state index contributed by atoms with van der Waals surface area (Å²) in [7, 11) is -2.58. The fourth-order valence-electron chi connectivity index (χ4n) is 1.55. The molecule has 0 fully saturated rings. The number of nitro groups is 1. The molecule has 0 aliphatic heterocycles. The van der Waals surface area contributed by atoms with E-state index in [1.807, 2.05) is 0 Å². The van der Waals surface area contributed by atoms with Crippen LogP contribution in [0.2, 0.25) is 0 Å². The van der Waals surface area contributed by atoms with E-state index in [1.54, 1.807) is 0 Å². The fraction of sp³-hybridized carbons (Fsp3) is 0.455. The summed E-state index contributed by atoms with van der Waals surface area (Å²) < 4.78 is 31.2. The third-order valence-electron chi connectivity index (χ3n) is 2.58. The minimum atomic E-state index is -3.93. The molecule has 3 N–H and O–H groups in total. The lowest BCUT2D eigenvalue weighted by Crippen LogP contribution is -2.26. The molecule has 10 heteroatoms. The highest BCUT2D eigenvalue weighted by atomic mass is 35.5. The van der Waals surface area contributed by atoms with E-state index in [0.717, 1.165) is 12.1 Å². The lowest BCUT2D eigenvalue weighted by molar-refractivity contribution is -0.387. The third-order valence-corrected chi connectivity index (χ3v) is 4.08. The number of nitrogens with zero attached hydrogens (tertiary/aromatic N) is 1. The molecule has 0 spiro atoms.